The lowest BCUT2D eigenvalue weighted by atomic mass is 10.1. The van der Waals surface area contributed by atoms with Crippen molar-refractivity contribution in [1.29, 1.82) is 0 Å². The second-order valence-electron chi connectivity index (χ2n) is 5.62. The fourth-order valence-electron chi connectivity index (χ4n) is 2.26. The lowest BCUT2D eigenvalue weighted by Gasteiger charge is -2.36. The summed E-state index contributed by atoms with van der Waals surface area (Å²) in [7, 11) is 1.86. The highest BCUT2D eigenvalue weighted by atomic mass is 32.1. The van der Waals surface area contributed by atoms with Crippen LogP contribution in [0, 0.1) is 0 Å². The summed E-state index contributed by atoms with van der Waals surface area (Å²) in [5, 5.41) is 23.0. The van der Waals surface area contributed by atoms with E-state index < -0.39 is 5.60 Å². The predicted molar refractivity (Wildman–Crippen MR) is 77.5 cm³/mol. The van der Waals surface area contributed by atoms with Gasteiger partial charge < -0.3 is 10.4 Å². The van der Waals surface area contributed by atoms with Crippen LogP contribution in [0.5, 0.6) is 0 Å². The molecule has 1 fully saturated rings. The quantitative estimate of drug-likeness (QED) is 0.820. The van der Waals surface area contributed by atoms with E-state index in [1.165, 1.54) is 0 Å². The summed E-state index contributed by atoms with van der Waals surface area (Å²) in [5.74, 6) is 0. The molecular weight excluding hydrogens is 262 g/mol. The topological polar surface area (TPSA) is 64.5 Å². The summed E-state index contributed by atoms with van der Waals surface area (Å²) < 4.78 is 0. The molecule has 7 heteroatoms. The zero-order valence-electron chi connectivity index (χ0n) is 11.9. The summed E-state index contributed by atoms with van der Waals surface area (Å²) in [4.78, 5) is 4.70. The maximum atomic E-state index is 9.82. The van der Waals surface area contributed by atoms with Gasteiger partial charge in [-0.1, -0.05) is 11.3 Å². The molecule has 0 aromatic carbocycles. The van der Waals surface area contributed by atoms with Crippen molar-refractivity contribution >= 4 is 16.5 Å². The van der Waals surface area contributed by atoms with Gasteiger partial charge in [-0.25, -0.2) is 0 Å². The minimum atomic E-state index is -0.608. The van der Waals surface area contributed by atoms with Crippen LogP contribution in [0.2, 0.25) is 0 Å². The number of β-amino-alcohol motifs (C(OH)–C–C–N with tert-alkyl or cyclic N) is 1. The minimum Gasteiger partial charge on any atom is -0.389 e. The normalized spacial score (nSPS) is 18.7. The molecule has 0 bridgehead atoms. The van der Waals surface area contributed by atoms with Gasteiger partial charge in [-0.2, -0.15) is 0 Å². The molecular formula is C12H23N5OS. The van der Waals surface area contributed by atoms with Gasteiger partial charge in [-0.15, -0.1) is 10.2 Å². The Labute approximate surface area is 118 Å². The van der Waals surface area contributed by atoms with Crippen LogP contribution < -0.4 is 5.32 Å². The van der Waals surface area contributed by atoms with Gasteiger partial charge in [-0.05, 0) is 13.8 Å². The number of anilines is 1. The highest BCUT2D eigenvalue weighted by molar-refractivity contribution is 7.15. The fraction of sp³-hybridized carbons (Fsp3) is 0.833. The van der Waals surface area contributed by atoms with E-state index in [4.69, 9.17) is 0 Å². The van der Waals surface area contributed by atoms with Gasteiger partial charge in [0.25, 0.3) is 0 Å². The molecule has 2 heterocycles. The molecule has 1 aromatic rings. The third-order valence-corrected chi connectivity index (χ3v) is 4.04. The number of aromatic nitrogens is 2. The maximum Gasteiger partial charge on any atom is 0.205 e. The van der Waals surface area contributed by atoms with Crippen LogP contribution in [0.1, 0.15) is 18.9 Å². The summed E-state index contributed by atoms with van der Waals surface area (Å²) >= 11 is 1.61. The smallest absolute Gasteiger partial charge is 0.205 e. The number of piperazine rings is 1. The van der Waals surface area contributed by atoms with E-state index in [0.717, 1.165) is 49.4 Å². The first-order chi connectivity index (χ1) is 8.96. The molecule has 0 radical (unpaired) electrons. The standard InChI is InChI=1S/C12H23N5OS/c1-12(2,18)9-17-6-4-16(5-7-17)8-10-14-15-11(13-3)19-10/h18H,4-9H2,1-3H3,(H,13,15). The molecule has 6 nitrogen and oxygen atoms in total. The Kier molecular flexibility index (Phi) is 4.72. The summed E-state index contributed by atoms with van der Waals surface area (Å²) in [6.07, 6.45) is 0. The van der Waals surface area contributed by atoms with Crippen LogP contribution in [-0.4, -0.2) is 70.5 Å². The van der Waals surface area contributed by atoms with Crippen LogP contribution in [-0.2, 0) is 6.54 Å². The molecule has 0 spiro atoms. The molecule has 19 heavy (non-hydrogen) atoms. The molecule has 1 saturated heterocycles. The summed E-state index contributed by atoms with van der Waals surface area (Å²) in [5.41, 5.74) is -0.608. The zero-order valence-corrected chi connectivity index (χ0v) is 12.7. The average molecular weight is 285 g/mol. The first-order valence-corrected chi connectivity index (χ1v) is 7.45. The first-order valence-electron chi connectivity index (χ1n) is 6.63. The number of aliphatic hydroxyl groups is 1. The molecule has 2 N–H and O–H groups in total. The van der Waals surface area contributed by atoms with Gasteiger partial charge in [0.15, 0.2) is 0 Å². The number of hydrogen-bond acceptors (Lipinski definition) is 7. The Balaban J connectivity index is 1.77. The van der Waals surface area contributed by atoms with Crippen molar-refractivity contribution in [3.8, 4) is 0 Å². The lowest BCUT2D eigenvalue weighted by molar-refractivity contribution is 0.0166. The first kappa shape index (κ1) is 14.6. The zero-order chi connectivity index (χ0) is 13.9. The molecule has 0 unspecified atom stereocenters. The van der Waals surface area contributed by atoms with Crippen LogP contribution in [0.4, 0.5) is 5.13 Å². The van der Waals surface area contributed by atoms with Gasteiger partial charge in [-0.3, -0.25) is 9.80 Å². The average Bonchev–Trinajstić information content (AvgIpc) is 2.77. The molecule has 0 atom stereocenters. The van der Waals surface area contributed by atoms with E-state index in [1.54, 1.807) is 11.3 Å². The van der Waals surface area contributed by atoms with Crippen molar-refractivity contribution in [3.63, 3.8) is 0 Å². The third kappa shape index (κ3) is 4.68. The number of hydrogen-bond donors (Lipinski definition) is 2. The SMILES string of the molecule is CNc1nnc(CN2CCN(CC(C)(C)O)CC2)s1. The highest BCUT2D eigenvalue weighted by Gasteiger charge is 2.23. The van der Waals surface area contributed by atoms with Crippen molar-refractivity contribution < 1.29 is 5.11 Å². The molecule has 0 amide bonds. The van der Waals surface area contributed by atoms with Crippen molar-refractivity contribution in [3.05, 3.63) is 5.01 Å². The fourth-order valence-corrected chi connectivity index (χ4v) is 3.00. The molecule has 1 aliphatic heterocycles. The number of rotatable bonds is 5. The van der Waals surface area contributed by atoms with E-state index >= 15 is 0 Å². The number of nitrogens with one attached hydrogen (secondary N) is 1. The van der Waals surface area contributed by atoms with Crippen LogP contribution in [0.15, 0.2) is 0 Å². The van der Waals surface area contributed by atoms with Gasteiger partial charge in [0.05, 0.1) is 12.1 Å². The maximum absolute atomic E-state index is 9.82. The Morgan fingerprint density at radius 1 is 1.21 bits per heavy atom. The Morgan fingerprint density at radius 3 is 2.37 bits per heavy atom. The summed E-state index contributed by atoms with van der Waals surface area (Å²) in [6, 6.07) is 0. The van der Waals surface area contributed by atoms with E-state index in [-0.39, 0.29) is 0 Å². The van der Waals surface area contributed by atoms with Crippen LogP contribution in [0.25, 0.3) is 0 Å². The predicted octanol–water partition coefficient (Wildman–Crippen LogP) is 0.468. The van der Waals surface area contributed by atoms with E-state index in [0.29, 0.717) is 0 Å². The Bertz CT molecular complexity index is 395. The third-order valence-electron chi connectivity index (χ3n) is 3.12. The van der Waals surface area contributed by atoms with Crippen LogP contribution >= 0.6 is 11.3 Å². The summed E-state index contributed by atoms with van der Waals surface area (Å²) in [6.45, 7) is 9.37. The van der Waals surface area contributed by atoms with Gasteiger partial charge in [0.2, 0.25) is 5.13 Å². The van der Waals surface area contributed by atoms with Crippen LogP contribution in [0.3, 0.4) is 0 Å². The Hall–Kier alpha value is -0.760. The van der Waals surface area contributed by atoms with E-state index in [2.05, 4.69) is 25.3 Å². The van der Waals surface area contributed by atoms with Crippen molar-refractivity contribution in [2.75, 3.05) is 45.1 Å². The Morgan fingerprint density at radius 2 is 1.84 bits per heavy atom. The van der Waals surface area contributed by atoms with Crippen molar-refractivity contribution in [1.82, 2.24) is 20.0 Å². The van der Waals surface area contributed by atoms with Gasteiger partial charge in [0.1, 0.15) is 5.01 Å². The molecule has 0 saturated carbocycles. The molecule has 108 valence electrons. The monoisotopic (exact) mass is 285 g/mol. The van der Waals surface area contributed by atoms with E-state index in [1.807, 2.05) is 20.9 Å². The minimum absolute atomic E-state index is 0.608. The number of nitrogens with zero attached hydrogens (tertiary/aromatic N) is 4. The van der Waals surface area contributed by atoms with Gasteiger partial charge in [0, 0.05) is 39.8 Å². The van der Waals surface area contributed by atoms with Crippen molar-refractivity contribution in [2.45, 2.75) is 26.0 Å². The van der Waals surface area contributed by atoms with Gasteiger partial charge >= 0.3 is 0 Å². The molecule has 1 aliphatic rings. The second-order valence-corrected chi connectivity index (χ2v) is 6.68. The lowest BCUT2D eigenvalue weighted by Crippen LogP contribution is -2.50. The van der Waals surface area contributed by atoms with E-state index in [9.17, 15) is 5.11 Å². The highest BCUT2D eigenvalue weighted by Crippen LogP contribution is 2.17. The molecule has 0 aliphatic carbocycles. The molecule has 2 rings (SSSR count). The molecule has 1 aromatic heterocycles. The van der Waals surface area contributed by atoms with Crippen molar-refractivity contribution in [2.24, 2.45) is 0 Å². The second kappa shape index (κ2) is 6.13. The largest absolute Gasteiger partial charge is 0.389 e.